The molecule has 18 heavy (non-hydrogen) atoms. The first-order valence-electron chi connectivity index (χ1n) is 6.00. The number of aromatic nitrogens is 1. The van der Waals surface area contributed by atoms with Crippen molar-refractivity contribution in [2.75, 3.05) is 5.32 Å². The Morgan fingerprint density at radius 3 is 2.61 bits per heavy atom. The molecule has 0 fully saturated rings. The van der Waals surface area contributed by atoms with Gasteiger partial charge in [0, 0.05) is 18.4 Å². The van der Waals surface area contributed by atoms with Crippen molar-refractivity contribution in [3.63, 3.8) is 0 Å². The molecule has 0 aliphatic carbocycles. The molecule has 1 aromatic carbocycles. The Labute approximate surface area is 107 Å². The molecule has 0 aliphatic heterocycles. The highest BCUT2D eigenvalue weighted by Crippen LogP contribution is 2.21. The Kier molecular flexibility index (Phi) is 3.60. The molecule has 2 aromatic rings. The van der Waals surface area contributed by atoms with Gasteiger partial charge in [-0.25, -0.2) is 4.39 Å². The second-order valence-corrected chi connectivity index (χ2v) is 4.63. The van der Waals surface area contributed by atoms with Gasteiger partial charge in [-0.05, 0) is 49.6 Å². The van der Waals surface area contributed by atoms with Crippen LogP contribution >= 0.6 is 0 Å². The van der Waals surface area contributed by atoms with Crippen molar-refractivity contribution < 1.29 is 4.39 Å². The van der Waals surface area contributed by atoms with E-state index in [4.69, 9.17) is 0 Å². The zero-order valence-electron chi connectivity index (χ0n) is 10.9. The average molecular weight is 244 g/mol. The summed E-state index contributed by atoms with van der Waals surface area (Å²) in [7, 11) is 0. The average Bonchev–Trinajstić information content (AvgIpc) is 2.32. The molecule has 0 saturated carbocycles. The third-order valence-corrected chi connectivity index (χ3v) is 2.95. The van der Waals surface area contributed by atoms with E-state index in [1.165, 1.54) is 0 Å². The molecule has 3 heteroatoms. The number of anilines is 1. The number of benzene rings is 1. The molecule has 2 nitrogen and oxygen atoms in total. The summed E-state index contributed by atoms with van der Waals surface area (Å²) in [4.78, 5) is 4.13. The van der Waals surface area contributed by atoms with Crippen LogP contribution in [0.5, 0.6) is 0 Å². The van der Waals surface area contributed by atoms with E-state index < -0.39 is 0 Å². The van der Waals surface area contributed by atoms with Gasteiger partial charge in [-0.1, -0.05) is 12.1 Å². The summed E-state index contributed by atoms with van der Waals surface area (Å²) in [5.74, 6) is -0.163. The van der Waals surface area contributed by atoms with Gasteiger partial charge in [-0.3, -0.25) is 4.98 Å². The predicted molar refractivity (Wildman–Crippen MR) is 72.1 cm³/mol. The number of rotatable bonds is 3. The van der Waals surface area contributed by atoms with Gasteiger partial charge < -0.3 is 5.32 Å². The molecule has 94 valence electrons. The molecule has 1 unspecified atom stereocenters. The maximum absolute atomic E-state index is 13.5. The van der Waals surface area contributed by atoms with Crippen LogP contribution in [0.2, 0.25) is 0 Å². The fourth-order valence-electron chi connectivity index (χ4n) is 1.85. The van der Waals surface area contributed by atoms with E-state index in [9.17, 15) is 4.39 Å². The highest BCUT2D eigenvalue weighted by atomic mass is 19.1. The van der Waals surface area contributed by atoms with Crippen LogP contribution in [0.15, 0.2) is 36.7 Å². The molecule has 1 N–H and O–H groups in total. The number of hydrogen-bond donors (Lipinski definition) is 1. The Morgan fingerprint density at radius 1 is 1.17 bits per heavy atom. The van der Waals surface area contributed by atoms with Crippen LogP contribution in [0.25, 0.3) is 0 Å². The second-order valence-electron chi connectivity index (χ2n) is 4.63. The fourth-order valence-corrected chi connectivity index (χ4v) is 1.85. The first kappa shape index (κ1) is 12.6. The van der Waals surface area contributed by atoms with E-state index in [1.54, 1.807) is 31.5 Å². The maximum atomic E-state index is 13.5. The van der Waals surface area contributed by atoms with Gasteiger partial charge in [0.2, 0.25) is 0 Å². The summed E-state index contributed by atoms with van der Waals surface area (Å²) in [6, 6.07) is 7.39. The standard InChI is InChI=1S/C15H17FN2/c1-10-6-14(9-17-8-10)18-12(3)13-5-4-11(2)15(16)7-13/h4-9,12,18H,1-3H3. The molecule has 1 aromatic heterocycles. The third kappa shape index (κ3) is 2.86. The van der Waals surface area contributed by atoms with Crippen molar-refractivity contribution >= 4 is 5.69 Å². The third-order valence-electron chi connectivity index (χ3n) is 2.95. The van der Waals surface area contributed by atoms with E-state index in [0.29, 0.717) is 5.56 Å². The highest BCUT2D eigenvalue weighted by molar-refractivity contribution is 5.45. The van der Waals surface area contributed by atoms with E-state index in [-0.39, 0.29) is 11.9 Å². The molecule has 1 heterocycles. The maximum Gasteiger partial charge on any atom is 0.126 e. The topological polar surface area (TPSA) is 24.9 Å². The lowest BCUT2D eigenvalue weighted by molar-refractivity contribution is 0.614. The van der Waals surface area contributed by atoms with Gasteiger partial charge in [-0.15, -0.1) is 0 Å². The number of pyridine rings is 1. The smallest absolute Gasteiger partial charge is 0.126 e. The Hall–Kier alpha value is -1.90. The summed E-state index contributed by atoms with van der Waals surface area (Å²) in [6.45, 7) is 5.77. The van der Waals surface area contributed by atoms with Gasteiger partial charge in [0.25, 0.3) is 0 Å². The second kappa shape index (κ2) is 5.17. The first-order valence-corrected chi connectivity index (χ1v) is 6.00. The van der Waals surface area contributed by atoms with Crippen LogP contribution in [0.3, 0.4) is 0 Å². The summed E-state index contributed by atoms with van der Waals surface area (Å²) in [6.07, 6.45) is 3.58. The quantitative estimate of drug-likeness (QED) is 0.882. The lowest BCUT2D eigenvalue weighted by atomic mass is 10.1. The fraction of sp³-hybridized carbons (Fsp3) is 0.267. The van der Waals surface area contributed by atoms with Crippen LogP contribution in [0.1, 0.15) is 29.7 Å². The van der Waals surface area contributed by atoms with Crippen LogP contribution in [0, 0.1) is 19.7 Å². The van der Waals surface area contributed by atoms with Crippen molar-refractivity contribution in [1.29, 1.82) is 0 Å². The molecule has 0 amide bonds. The molecule has 0 saturated heterocycles. The zero-order chi connectivity index (χ0) is 13.1. The summed E-state index contributed by atoms with van der Waals surface area (Å²) in [5.41, 5.74) is 3.65. The number of nitrogens with one attached hydrogen (secondary N) is 1. The van der Waals surface area contributed by atoms with Gasteiger partial charge in [0.1, 0.15) is 5.82 Å². The summed E-state index contributed by atoms with van der Waals surface area (Å²) < 4.78 is 13.5. The van der Waals surface area contributed by atoms with Crippen molar-refractivity contribution in [2.45, 2.75) is 26.8 Å². The molecule has 2 rings (SSSR count). The molecular formula is C15H17FN2. The highest BCUT2D eigenvalue weighted by Gasteiger charge is 2.07. The SMILES string of the molecule is Cc1cncc(NC(C)c2ccc(C)c(F)c2)c1. The zero-order valence-corrected chi connectivity index (χ0v) is 10.9. The molecule has 0 radical (unpaired) electrons. The van der Waals surface area contributed by atoms with Crippen molar-refractivity contribution in [3.05, 3.63) is 59.2 Å². The van der Waals surface area contributed by atoms with Crippen LogP contribution < -0.4 is 5.32 Å². The molecular weight excluding hydrogens is 227 g/mol. The Balaban J connectivity index is 2.16. The van der Waals surface area contributed by atoms with Crippen molar-refractivity contribution in [2.24, 2.45) is 0 Å². The lowest BCUT2D eigenvalue weighted by Gasteiger charge is -2.16. The van der Waals surface area contributed by atoms with E-state index in [2.05, 4.69) is 10.3 Å². The largest absolute Gasteiger partial charge is 0.377 e. The minimum Gasteiger partial charge on any atom is -0.377 e. The number of halogens is 1. The Morgan fingerprint density at radius 2 is 1.94 bits per heavy atom. The minimum absolute atomic E-state index is 0.0451. The van der Waals surface area contributed by atoms with Crippen LogP contribution in [-0.4, -0.2) is 4.98 Å². The van der Waals surface area contributed by atoms with Crippen molar-refractivity contribution in [3.8, 4) is 0 Å². The lowest BCUT2D eigenvalue weighted by Crippen LogP contribution is -2.07. The van der Waals surface area contributed by atoms with Gasteiger partial charge in [0.15, 0.2) is 0 Å². The number of aryl methyl sites for hydroxylation is 2. The number of hydrogen-bond acceptors (Lipinski definition) is 2. The monoisotopic (exact) mass is 244 g/mol. The van der Waals surface area contributed by atoms with E-state index in [1.807, 2.05) is 26.0 Å². The van der Waals surface area contributed by atoms with Gasteiger partial charge in [-0.2, -0.15) is 0 Å². The molecule has 0 aliphatic rings. The summed E-state index contributed by atoms with van der Waals surface area (Å²) >= 11 is 0. The summed E-state index contributed by atoms with van der Waals surface area (Å²) in [5, 5.41) is 3.32. The molecule has 1 atom stereocenters. The van der Waals surface area contributed by atoms with E-state index in [0.717, 1.165) is 16.8 Å². The predicted octanol–water partition coefficient (Wildman–Crippen LogP) is 4.01. The van der Waals surface area contributed by atoms with Crippen LogP contribution in [-0.2, 0) is 0 Å². The molecule has 0 spiro atoms. The minimum atomic E-state index is -0.163. The number of nitrogens with zero attached hydrogens (tertiary/aromatic N) is 1. The first-order chi connectivity index (χ1) is 8.56. The Bertz CT molecular complexity index is 552. The van der Waals surface area contributed by atoms with Crippen LogP contribution in [0.4, 0.5) is 10.1 Å². The molecule has 0 bridgehead atoms. The van der Waals surface area contributed by atoms with Gasteiger partial charge >= 0.3 is 0 Å². The van der Waals surface area contributed by atoms with E-state index >= 15 is 0 Å². The normalized spacial score (nSPS) is 12.2. The van der Waals surface area contributed by atoms with Crippen molar-refractivity contribution in [1.82, 2.24) is 4.98 Å². The van der Waals surface area contributed by atoms with Gasteiger partial charge in [0.05, 0.1) is 5.69 Å².